The highest BCUT2D eigenvalue weighted by molar-refractivity contribution is 7.15. The monoisotopic (exact) mass is 186 g/mol. The van der Waals surface area contributed by atoms with E-state index in [4.69, 9.17) is 0 Å². The molecular formula is C6H8N3O2S. The van der Waals surface area contributed by atoms with E-state index < -0.39 is 5.60 Å². The number of nitrogens with one attached hydrogen (secondary N) is 1. The minimum Gasteiger partial charge on any atom is -0.383 e. The Morgan fingerprint density at radius 3 is 2.67 bits per heavy atom. The van der Waals surface area contributed by atoms with Gasteiger partial charge in [-0.15, -0.1) is 10.2 Å². The van der Waals surface area contributed by atoms with Gasteiger partial charge in [0.05, 0.1) is 0 Å². The van der Waals surface area contributed by atoms with Crippen LogP contribution in [-0.2, 0) is 10.4 Å². The van der Waals surface area contributed by atoms with Crippen LogP contribution in [0.2, 0.25) is 0 Å². The van der Waals surface area contributed by atoms with Gasteiger partial charge in [0.25, 0.3) is 0 Å². The summed E-state index contributed by atoms with van der Waals surface area (Å²) in [5.41, 5.74) is -1.01. The molecule has 6 heteroatoms. The van der Waals surface area contributed by atoms with E-state index in [1.807, 2.05) is 0 Å². The van der Waals surface area contributed by atoms with Gasteiger partial charge in [0, 0.05) is 0 Å². The number of rotatable bonds is 3. The summed E-state index contributed by atoms with van der Waals surface area (Å²) in [5.74, 6) is 0. The Labute approximate surface area is 73.4 Å². The fourth-order valence-corrected chi connectivity index (χ4v) is 1.25. The summed E-state index contributed by atoms with van der Waals surface area (Å²) in [6.07, 6.45) is 1.48. The lowest BCUT2D eigenvalue weighted by Crippen LogP contribution is -2.14. The molecule has 1 aromatic heterocycles. The molecule has 0 unspecified atom stereocenters. The average Bonchev–Trinajstić information content (AvgIpc) is 2.35. The van der Waals surface area contributed by atoms with Crippen molar-refractivity contribution < 1.29 is 9.90 Å². The van der Waals surface area contributed by atoms with Crippen molar-refractivity contribution >= 4 is 22.9 Å². The number of hydrogen-bond acceptors (Lipinski definition) is 5. The standard InChI is InChI=1S/C6H8N3O2S/c1-6(2,11)4-8-9-5(12-4)7-3-10/h11H,1-2H3,(H,7,9,10). The van der Waals surface area contributed by atoms with Crippen molar-refractivity contribution in [1.82, 2.24) is 10.2 Å². The van der Waals surface area contributed by atoms with E-state index in [0.29, 0.717) is 10.1 Å². The van der Waals surface area contributed by atoms with Crippen molar-refractivity contribution in [1.29, 1.82) is 0 Å². The van der Waals surface area contributed by atoms with Crippen LogP contribution in [0.15, 0.2) is 0 Å². The molecular weight excluding hydrogens is 178 g/mol. The van der Waals surface area contributed by atoms with Crippen LogP contribution in [0.5, 0.6) is 0 Å². The van der Waals surface area contributed by atoms with Gasteiger partial charge in [0.15, 0.2) is 0 Å². The number of amides is 1. The summed E-state index contributed by atoms with van der Waals surface area (Å²) in [7, 11) is 0. The van der Waals surface area contributed by atoms with Crippen molar-refractivity contribution in [2.45, 2.75) is 19.4 Å². The average molecular weight is 186 g/mol. The molecule has 0 fully saturated rings. The molecule has 1 heterocycles. The normalized spacial score (nSPS) is 11.2. The van der Waals surface area contributed by atoms with Crippen molar-refractivity contribution in [3.8, 4) is 0 Å². The van der Waals surface area contributed by atoms with Crippen LogP contribution in [0.25, 0.3) is 0 Å². The van der Waals surface area contributed by atoms with Crippen LogP contribution in [0.3, 0.4) is 0 Å². The minimum atomic E-state index is -1.01. The number of carbonyl (C=O) groups excluding carboxylic acids is 1. The summed E-state index contributed by atoms with van der Waals surface area (Å²) < 4.78 is 0. The highest BCUT2D eigenvalue weighted by atomic mass is 32.1. The van der Waals surface area contributed by atoms with Gasteiger partial charge in [-0.05, 0) is 13.8 Å². The predicted octanol–water partition coefficient (Wildman–Crippen LogP) is 0.245. The van der Waals surface area contributed by atoms with Gasteiger partial charge in [0.1, 0.15) is 10.6 Å². The molecule has 0 spiro atoms. The smallest absolute Gasteiger partial charge is 0.315 e. The molecule has 0 aliphatic rings. The quantitative estimate of drug-likeness (QED) is 0.663. The van der Waals surface area contributed by atoms with E-state index in [2.05, 4.69) is 15.5 Å². The van der Waals surface area contributed by atoms with E-state index in [9.17, 15) is 9.90 Å². The van der Waals surface area contributed by atoms with E-state index >= 15 is 0 Å². The first kappa shape index (κ1) is 9.08. The van der Waals surface area contributed by atoms with E-state index in [-0.39, 0.29) is 0 Å². The Bertz CT molecular complexity index is 279. The number of hydrogen-bond donors (Lipinski definition) is 2. The summed E-state index contributed by atoms with van der Waals surface area (Å²) in [5, 5.41) is 19.8. The van der Waals surface area contributed by atoms with Crippen molar-refractivity contribution in [3.63, 3.8) is 0 Å². The predicted molar refractivity (Wildman–Crippen MR) is 44.5 cm³/mol. The van der Waals surface area contributed by atoms with Crippen LogP contribution in [0, 0.1) is 0 Å². The first-order valence-corrected chi connectivity index (χ1v) is 4.05. The van der Waals surface area contributed by atoms with Crippen LogP contribution in [-0.4, -0.2) is 21.7 Å². The van der Waals surface area contributed by atoms with Gasteiger partial charge >= 0.3 is 6.41 Å². The zero-order valence-electron chi connectivity index (χ0n) is 6.66. The summed E-state index contributed by atoms with van der Waals surface area (Å²) >= 11 is 1.12. The summed E-state index contributed by atoms with van der Waals surface area (Å²) in [4.78, 5) is 9.87. The lowest BCUT2D eigenvalue weighted by atomic mass is 10.2. The molecule has 0 aliphatic carbocycles. The topological polar surface area (TPSA) is 75.1 Å². The fourth-order valence-electron chi connectivity index (χ4n) is 0.565. The Hall–Kier alpha value is -1.01. The van der Waals surface area contributed by atoms with Gasteiger partial charge < -0.3 is 5.11 Å². The lowest BCUT2D eigenvalue weighted by Gasteiger charge is -2.10. The molecule has 0 aromatic carbocycles. The number of nitrogens with zero attached hydrogens (tertiary/aromatic N) is 2. The van der Waals surface area contributed by atoms with Crippen LogP contribution in [0.4, 0.5) is 5.13 Å². The van der Waals surface area contributed by atoms with E-state index in [0.717, 1.165) is 11.3 Å². The molecule has 0 atom stereocenters. The van der Waals surface area contributed by atoms with Crippen molar-refractivity contribution in [2.24, 2.45) is 0 Å². The van der Waals surface area contributed by atoms with Crippen molar-refractivity contribution in [3.05, 3.63) is 5.01 Å². The minimum absolute atomic E-state index is 0.335. The third-order valence-corrected chi connectivity index (χ3v) is 2.26. The molecule has 1 aromatic rings. The SMILES string of the molecule is CC(C)(O)c1nnc(N[C]=O)s1. The molecule has 1 rings (SSSR count). The van der Waals surface area contributed by atoms with Gasteiger partial charge in [-0.3, -0.25) is 10.1 Å². The highest BCUT2D eigenvalue weighted by Crippen LogP contribution is 2.25. The van der Waals surface area contributed by atoms with Crippen LogP contribution in [0.1, 0.15) is 18.9 Å². The largest absolute Gasteiger partial charge is 0.383 e. The molecule has 1 amide bonds. The second kappa shape index (κ2) is 3.16. The summed E-state index contributed by atoms with van der Waals surface area (Å²) in [6, 6.07) is 0. The Kier molecular flexibility index (Phi) is 2.39. The van der Waals surface area contributed by atoms with Gasteiger partial charge in [0.2, 0.25) is 5.13 Å². The molecule has 0 aliphatic heterocycles. The van der Waals surface area contributed by atoms with E-state index in [1.165, 1.54) is 6.41 Å². The molecule has 0 saturated heterocycles. The first-order valence-electron chi connectivity index (χ1n) is 3.23. The molecule has 12 heavy (non-hydrogen) atoms. The molecule has 65 valence electrons. The number of aromatic nitrogens is 2. The van der Waals surface area contributed by atoms with Gasteiger partial charge in [-0.25, -0.2) is 0 Å². The lowest BCUT2D eigenvalue weighted by molar-refractivity contribution is 0.0775. The zero-order valence-corrected chi connectivity index (χ0v) is 7.47. The maximum Gasteiger partial charge on any atom is 0.315 e. The maximum atomic E-state index is 9.87. The number of anilines is 1. The molecule has 0 bridgehead atoms. The molecule has 1 radical (unpaired) electrons. The van der Waals surface area contributed by atoms with Crippen LogP contribution < -0.4 is 5.32 Å². The van der Waals surface area contributed by atoms with E-state index in [1.54, 1.807) is 13.8 Å². The van der Waals surface area contributed by atoms with Gasteiger partial charge in [-0.1, -0.05) is 11.3 Å². The molecule has 0 saturated carbocycles. The number of aliphatic hydroxyl groups is 1. The first-order chi connectivity index (χ1) is 5.54. The second-order valence-corrected chi connectivity index (χ2v) is 3.68. The molecule has 2 N–H and O–H groups in total. The molecule has 5 nitrogen and oxygen atoms in total. The second-order valence-electron chi connectivity index (χ2n) is 2.70. The Balaban J connectivity index is 2.84. The van der Waals surface area contributed by atoms with Gasteiger partial charge in [-0.2, -0.15) is 0 Å². The Morgan fingerprint density at radius 1 is 1.58 bits per heavy atom. The van der Waals surface area contributed by atoms with Crippen LogP contribution >= 0.6 is 11.3 Å². The third-order valence-electron chi connectivity index (χ3n) is 1.11. The fraction of sp³-hybridized carbons (Fsp3) is 0.500. The van der Waals surface area contributed by atoms with Crippen molar-refractivity contribution in [2.75, 3.05) is 5.32 Å². The zero-order chi connectivity index (χ0) is 9.19. The highest BCUT2D eigenvalue weighted by Gasteiger charge is 2.21. The maximum absolute atomic E-state index is 9.87. The Morgan fingerprint density at radius 2 is 2.25 bits per heavy atom. The third kappa shape index (κ3) is 1.99. The summed E-state index contributed by atoms with van der Waals surface area (Å²) in [6.45, 7) is 3.20.